The van der Waals surface area contributed by atoms with Gasteiger partial charge in [0.2, 0.25) is 0 Å². The Kier molecular flexibility index (Phi) is 16.3. The van der Waals surface area contributed by atoms with E-state index in [1.165, 1.54) is 0 Å². The molecular formula is H6O11Si4. The summed E-state index contributed by atoms with van der Waals surface area (Å²) in [5.41, 5.74) is 0. The summed E-state index contributed by atoms with van der Waals surface area (Å²) < 4.78 is 39.8. The number of hydrogen-bond acceptors (Lipinski definition) is 5. The molecule has 0 spiro atoms. The van der Waals surface area contributed by atoms with E-state index in [1.54, 1.807) is 0 Å². The van der Waals surface area contributed by atoms with Crippen LogP contribution in [0.3, 0.4) is 0 Å². The third kappa shape index (κ3) is 203. The minimum Gasteiger partial charge on any atom is -0.512 e. The van der Waals surface area contributed by atoms with Gasteiger partial charge in [-0.25, -0.2) is 0 Å². The van der Waals surface area contributed by atoms with Gasteiger partial charge in [-0.15, -0.1) is 0 Å². The molecule has 11 nitrogen and oxygen atoms in total. The maximum absolute atomic E-state index is 9.44. The van der Waals surface area contributed by atoms with Crippen LogP contribution in [0.5, 0.6) is 0 Å². The molecule has 0 aromatic carbocycles. The van der Waals surface area contributed by atoms with Gasteiger partial charge in [0.15, 0.2) is 0 Å². The van der Waals surface area contributed by atoms with Gasteiger partial charge in [-0.1, -0.05) is 0 Å². The average Bonchev–Trinajstić information content (AvgIpc) is 1.78. The van der Waals surface area contributed by atoms with E-state index in [0.717, 1.165) is 0 Å². The Labute approximate surface area is 88.1 Å². The van der Waals surface area contributed by atoms with Crippen molar-refractivity contribution in [2.45, 2.75) is 0 Å². The summed E-state index contributed by atoms with van der Waals surface area (Å²) in [6.45, 7) is 0. The summed E-state index contributed by atoms with van der Waals surface area (Å²) in [5.74, 6) is 0. The fourth-order valence-corrected chi connectivity index (χ4v) is 0.672. The van der Waals surface area contributed by atoms with Crippen molar-refractivity contribution in [1.29, 1.82) is 0 Å². The number of rotatable bonds is 2. The molecule has 0 radical (unpaired) electrons. The molecule has 0 heterocycles. The molecular weight excluding hydrogens is 288 g/mol. The maximum Gasteiger partial charge on any atom is 0.761 e. The molecule has 0 aliphatic rings. The van der Waals surface area contributed by atoms with E-state index in [9.17, 15) is 8.92 Å². The lowest BCUT2D eigenvalue weighted by molar-refractivity contribution is 0.275. The SMILES string of the molecule is O=[Si](O)O.O=[Si](O)O.O=[Si](O)O[Si](=O)O. The minimum atomic E-state index is -3.20. The first-order valence-electron chi connectivity index (χ1n) is 2.57. The van der Waals surface area contributed by atoms with Gasteiger partial charge < -0.3 is 32.9 Å². The van der Waals surface area contributed by atoms with Gasteiger partial charge in [0, 0.05) is 0 Å². The molecule has 0 amide bonds. The van der Waals surface area contributed by atoms with Gasteiger partial charge in [-0.2, -0.15) is 0 Å². The van der Waals surface area contributed by atoms with Crippen molar-refractivity contribution in [3.63, 3.8) is 0 Å². The lowest BCUT2D eigenvalue weighted by Crippen LogP contribution is -2.14. The fraction of sp³-hybridized carbons (Fsp3) is 0. The summed E-state index contributed by atoms with van der Waals surface area (Å²) in [4.78, 5) is 44.1. The first kappa shape index (κ1) is 19.3. The van der Waals surface area contributed by atoms with E-state index in [0.29, 0.717) is 0 Å². The molecule has 0 bridgehead atoms. The van der Waals surface area contributed by atoms with Crippen molar-refractivity contribution in [3.8, 4) is 0 Å². The van der Waals surface area contributed by atoms with Crippen LogP contribution in [-0.4, -0.2) is 65.5 Å². The summed E-state index contributed by atoms with van der Waals surface area (Å²) in [6.07, 6.45) is 0. The second kappa shape index (κ2) is 12.7. The Bertz CT molecular complexity index is 197. The summed E-state index contributed by atoms with van der Waals surface area (Å²) in [5, 5.41) is 0. The Morgan fingerprint density at radius 2 is 0.733 bits per heavy atom. The Balaban J connectivity index is -0.000000155. The molecule has 0 unspecified atom stereocenters. The molecule has 0 fully saturated rings. The van der Waals surface area contributed by atoms with Crippen molar-refractivity contribution in [2.24, 2.45) is 0 Å². The lowest BCUT2D eigenvalue weighted by atomic mass is 15.7. The van der Waals surface area contributed by atoms with Crippen LogP contribution in [-0.2, 0) is 22.0 Å². The molecule has 0 atom stereocenters. The highest BCUT2D eigenvalue weighted by molar-refractivity contribution is 6.40. The smallest absolute Gasteiger partial charge is 0.512 e. The molecule has 15 heteroatoms. The summed E-state index contributed by atoms with van der Waals surface area (Å²) >= 11 is 0. The van der Waals surface area contributed by atoms with Crippen LogP contribution in [0.4, 0.5) is 0 Å². The molecule has 6 N–H and O–H groups in total. The molecule has 15 heavy (non-hydrogen) atoms. The van der Waals surface area contributed by atoms with Crippen LogP contribution in [0.2, 0.25) is 0 Å². The van der Waals surface area contributed by atoms with Gasteiger partial charge in [0.05, 0.1) is 0 Å². The second-order valence-corrected chi connectivity index (χ2v) is 4.21. The van der Waals surface area contributed by atoms with Crippen LogP contribution in [0.15, 0.2) is 0 Å². The van der Waals surface area contributed by atoms with Crippen LogP contribution in [0, 0.1) is 0 Å². The maximum atomic E-state index is 9.44. The van der Waals surface area contributed by atoms with Gasteiger partial charge >= 0.3 is 36.7 Å². The van der Waals surface area contributed by atoms with Crippen LogP contribution < -0.4 is 0 Å². The van der Waals surface area contributed by atoms with Gasteiger partial charge in [-0.3, -0.25) is 17.8 Å². The summed E-state index contributed by atoms with van der Waals surface area (Å²) in [7, 11) is -12.7. The van der Waals surface area contributed by atoms with Crippen LogP contribution >= 0.6 is 0 Å². The van der Waals surface area contributed by atoms with Gasteiger partial charge in [0.25, 0.3) is 0 Å². The van der Waals surface area contributed by atoms with Crippen LogP contribution in [0.25, 0.3) is 0 Å². The lowest BCUT2D eigenvalue weighted by Gasteiger charge is -1.82. The van der Waals surface area contributed by atoms with Crippen molar-refractivity contribution in [1.82, 2.24) is 0 Å². The van der Waals surface area contributed by atoms with E-state index >= 15 is 0 Å². The molecule has 0 aromatic heterocycles. The molecule has 0 aromatic rings. The Morgan fingerprint density at radius 1 is 0.600 bits per heavy atom. The monoisotopic (exact) mass is 294 g/mol. The highest BCUT2D eigenvalue weighted by Gasteiger charge is 2.12. The van der Waals surface area contributed by atoms with E-state index < -0.39 is 36.7 Å². The quantitative estimate of drug-likeness (QED) is 0.265. The third-order valence-electron chi connectivity index (χ3n) is 0.175. The third-order valence-corrected chi connectivity index (χ3v) is 1.57. The summed E-state index contributed by atoms with van der Waals surface area (Å²) in [6, 6.07) is 0. The van der Waals surface area contributed by atoms with E-state index in [2.05, 4.69) is 4.12 Å². The molecule has 0 saturated carbocycles. The van der Waals surface area contributed by atoms with E-state index in [4.69, 9.17) is 37.7 Å². The average molecular weight is 294 g/mol. The highest BCUT2D eigenvalue weighted by atomic mass is 28.4. The van der Waals surface area contributed by atoms with Crippen molar-refractivity contribution < 1.29 is 50.7 Å². The molecule has 0 aliphatic carbocycles. The number of hydrogen-bond donors (Lipinski definition) is 6. The first-order chi connectivity index (χ1) is 6.59. The van der Waals surface area contributed by atoms with Crippen molar-refractivity contribution in [3.05, 3.63) is 0 Å². The Hall–Kier alpha value is -1.33. The normalized spacial score (nSPS) is 6.67. The standard InChI is InChI=1S/H2O5Si2.2H2O3Si/c1-6(2)5-7(3)4;2*1-4(2)3/h1,3H;2*1-2H. The van der Waals surface area contributed by atoms with E-state index in [1.807, 2.05) is 0 Å². The van der Waals surface area contributed by atoms with Gasteiger partial charge in [-0.05, 0) is 0 Å². The van der Waals surface area contributed by atoms with Gasteiger partial charge in [0.1, 0.15) is 0 Å². The first-order valence-corrected chi connectivity index (χ1v) is 7.70. The second-order valence-electron chi connectivity index (χ2n) is 1.20. The Morgan fingerprint density at radius 3 is 0.733 bits per heavy atom. The molecule has 0 aliphatic heterocycles. The fourth-order valence-electron chi connectivity index (χ4n) is 0.0747. The zero-order valence-corrected chi connectivity index (χ0v) is 10.7. The molecule has 0 saturated heterocycles. The van der Waals surface area contributed by atoms with Crippen molar-refractivity contribution >= 4 is 36.7 Å². The van der Waals surface area contributed by atoms with Crippen molar-refractivity contribution in [2.75, 3.05) is 0 Å². The predicted octanol–water partition coefficient (Wildman–Crippen LogP) is -5.41. The zero-order chi connectivity index (χ0) is 13.0. The molecule has 88 valence electrons. The zero-order valence-electron chi connectivity index (χ0n) is 6.72. The van der Waals surface area contributed by atoms with E-state index in [-0.39, 0.29) is 0 Å². The molecule has 0 rings (SSSR count). The minimum absolute atomic E-state index is 3.13. The highest BCUT2D eigenvalue weighted by Crippen LogP contribution is 1.62. The topological polar surface area (TPSA) is 199 Å². The largest absolute Gasteiger partial charge is 0.761 e. The predicted molar refractivity (Wildman–Crippen MR) is 40.2 cm³/mol. The van der Waals surface area contributed by atoms with Crippen LogP contribution in [0.1, 0.15) is 0 Å².